The Kier molecular flexibility index (Phi) is 6.54. The number of benzene rings is 2. The predicted octanol–water partition coefficient (Wildman–Crippen LogP) is 3.09. The average molecular weight is 400 g/mol. The molecule has 28 heavy (non-hydrogen) atoms. The number of amides is 3. The maximum Gasteiger partial charge on any atom is 0.415 e. The Morgan fingerprint density at radius 3 is 2.43 bits per heavy atom. The van der Waals surface area contributed by atoms with Crippen molar-refractivity contribution in [3.8, 4) is 11.5 Å². The minimum Gasteiger partial charge on any atom is -0.492 e. The highest BCUT2D eigenvalue weighted by molar-refractivity contribution is 8.15. The van der Waals surface area contributed by atoms with E-state index in [1.54, 1.807) is 43.4 Å². The van der Waals surface area contributed by atoms with Crippen molar-refractivity contribution in [2.75, 3.05) is 20.2 Å². The molecule has 3 amide bonds. The van der Waals surface area contributed by atoms with Crippen LogP contribution in [0.25, 0.3) is 0 Å². The third kappa shape index (κ3) is 5.50. The van der Waals surface area contributed by atoms with Crippen LogP contribution in [0.15, 0.2) is 54.6 Å². The minimum atomic E-state index is -0.452. The summed E-state index contributed by atoms with van der Waals surface area (Å²) in [6, 6.07) is 16.2. The summed E-state index contributed by atoms with van der Waals surface area (Å²) in [5.74, 6) is 0.903. The largest absolute Gasteiger partial charge is 0.492 e. The molecule has 2 aromatic rings. The fraction of sp³-hybridized carbons (Fsp3) is 0.250. The Bertz CT molecular complexity index is 841. The van der Waals surface area contributed by atoms with E-state index in [2.05, 4.69) is 5.32 Å². The molecule has 1 atom stereocenters. The highest BCUT2D eigenvalue weighted by atomic mass is 32.2. The van der Waals surface area contributed by atoms with E-state index in [1.165, 1.54) is 4.90 Å². The standard InChI is InChI=1S/C20H20N2O5S/c1-22(20(25)27-16-5-3-2-4-6-16)11-12-26-15-9-7-14(8-10-15)13-17-18(23)21-19(24)28-17/h2-10,17H,11-13H2,1H3,(H,21,23,24). The Morgan fingerprint density at radius 1 is 1.07 bits per heavy atom. The number of hydrogen-bond acceptors (Lipinski definition) is 6. The van der Waals surface area contributed by atoms with Gasteiger partial charge in [-0.05, 0) is 36.2 Å². The second kappa shape index (κ2) is 9.27. The molecule has 0 spiro atoms. The number of ether oxygens (including phenoxy) is 2. The molecule has 8 heteroatoms. The zero-order chi connectivity index (χ0) is 19.9. The Morgan fingerprint density at radius 2 is 1.79 bits per heavy atom. The lowest BCUT2D eigenvalue weighted by Crippen LogP contribution is -2.33. The average Bonchev–Trinajstić information content (AvgIpc) is 3.00. The smallest absolute Gasteiger partial charge is 0.415 e. The van der Waals surface area contributed by atoms with Gasteiger partial charge in [0.05, 0.1) is 11.8 Å². The first-order valence-corrected chi connectivity index (χ1v) is 9.60. The van der Waals surface area contributed by atoms with Gasteiger partial charge in [-0.2, -0.15) is 0 Å². The van der Waals surface area contributed by atoms with Crippen molar-refractivity contribution in [1.29, 1.82) is 0 Å². The molecule has 7 nitrogen and oxygen atoms in total. The molecule has 0 aromatic heterocycles. The van der Waals surface area contributed by atoms with Crippen LogP contribution in [0.5, 0.6) is 11.5 Å². The fourth-order valence-electron chi connectivity index (χ4n) is 2.52. The molecule has 0 aliphatic carbocycles. The first-order chi connectivity index (χ1) is 13.5. The highest BCUT2D eigenvalue weighted by Gasteiger charge is 2.31. The van der Waals surface area contributed by atoms with E-state index in [9.17, 15) is 14.4 Å². The first-order valence-electron chi connectivity index (χ1n) is 8.72. The molecule has 1 heterocycles. The third-order valence-corrected chi connectivity index (χ3v) is 5.05. The van der Waals surface area contributed by atoms with Crippen LogP contribution in [0.1, 0.15) is 5.56 Å². The van der Waals surface area contributed by atoms with Crippen molar-refractivity contribution < 1.29 is 23.9 Å². The summed E-state index contributed by atoms with van der Waals surface area (Å²) in [7, 11) is 1.64. The summed E-state index contributed by atoms with van der Waals surface area (Å²) in [4.78, 5) is 36.3. The summed E-state index contributed by atoms with van der Waals surface area (Å²) < 4.78 is 10.9. The van der Waals surface area contributed by atoms with Gasteiger partial charge in [0.1, 0.15) is 18.1 Å². The molecule has 1 saturated heterocycles. The van der Waals surface area contributed by atoms with Gasteiger partial charge in [0.15, 0.2) is 0 Å². The van der Waals surface area contributed by atoms with Gasteiger partial charge in [0.2, 0.25) is 5.91 Å². The van der Waals surface area contributed by atoms with Gasteiger partial charge in [0, 0.05) is 7.05 Å². The zero-order valence-electron chi connectivity index (χ0n) is 15.3. The number of likely N-dealkylation sites (N-methyl/N-ethyl adjacent to an activating group) is 1. The summed E-state index contributed by atoms with van der Waals surface area (Å²) in [6.07, 6.45) is 0.0309. The van der Waals surface area contributed by atoms with Gasteiger partial charge >= 0.3 is 6.09 Å². The number of nitrogens with one attached hydrogen (secondary N) is 1. The van der Waals surface area contributed by atoms with E-state index in [0.29, 0.717) is 31.1 Å². The molecule has 1 fully saturated rings. The molecule has 3 rings (SSSR count). The van der Waals surface area contributed by atoms with Gasteiger partial charge < -0.3 is 14.4 Å². The summed E-state index contributed by atoms with van der Waals surface area (Å²) >= 11 is 1.01. The molecule has 0 saturated carbocycles. The molecular formula is C20H20N2O5S. The van der Waals surface area contributed by atoms with Crippen LogP contribution in [0.4, 0.5) is 9.59 Å². The van der Waals surface area contributed by atoms with Crippen molar-refractivity contribution in [2.45, 2.75) is 11.7 Å². The van der Waals surface area contributed by atoms with Gasteiger partial charge in [-0.25, -0.2) is 4.79 Å². The molecular weight excluding hydrogens is 380 g/mol. The van der Waals surface area contributed by atoms with Crippen LogP contribution in [-0.4, -0.2) is 47.6 Å². The monoisotopic (exact) mass is 400 g/mol. The van der Waals surface area contributed by atoms with E-state index in [0.717, 1.165) is 17.3 Å². The second-order valence-electron chi connectivity index (χ2n) is 6.18. The van der Waals surface area contributed by atoms with Gasteiger partial charge in [-0.15, -0.1) is 0 Å². The number of hydrogen-bond donors (Lipinski definition) is 1. The topological polar surface area (TPSA) is 84.9 Å². The molecule has 146 valence electrons. The van der Waals surface area contributed by atoms with Crippen LogP contribution in [0.2, 0.25) is 0 Å². The number of para-hydroxylation sites is 1. The molecule has 1 aliphatic rings. The number of thioether (sulfide) groups is 1. The van der Waals surface area contributed by atoms with Crippen LogP contribution in [-0.2, 0) is 11.2 Å². The molecule has 1 N–H and O–H groups in total. The zero-order valence-corrected chi connectivity index (χ0v) is 16.1. The number of rotatable bonds is 7. The Labute approximate surface area is 167 Å². The lowest BCUT2D eigenvalue weighted by atomic mass is 10.1. The minimum absolute atomic E-state index is 0.249. The van der Waals surface area contributed by atoms with Gasteiger partial charge in [-0.1, -0.05) is 42.1 Å². The van der Waals surface area contributed by atoms with Crippen molar-refractivity contribution >= 4 is 29.0 Å². The van der Waals surface area contributed by atoms with E-state index < -0.39 is 6.09 Å². The predicted molar refractivity (Wildman–Crippen MR) is 106 cm³/mol. The second-order valence-corrected chi connectivity index (χ2v) is 7.36. The third-order valence-electron chi connectivity index (χ3n) is 4.07. The number of carbonyl (C=O) groups is 3. The molecule has 1 unspecified atom stereocenters. The summed E-state index contributed by atoms with van der Waals surface area (Å²) in [5, 5.41) is 1.59. The normalized spacial score (nSPS) is 15.8. The lowest BCUT2D eigenvalue weighted by Gasteiger charge is -2.17. The Balaban J connectivity index is 1.41. The van der Waals surface area contributed by atoms with E-state index in [-0.39, 0.29) is 16.4 Å². The van der Waals surface area contributed by atoms with E-state index >= 15 is 0 Å². The van der Waals surface area contributed by atoms with Crippen LogP contribution in [0.3, 0.4) is 0 Å². The van der Waals surface area contributed by atoms with Crippen LogP contribution < -0.4 is 14.8 Å². The maximum atomic E-state index is 12.0. The first kappa shape index (κ1) is 19.8. The lowest BCUT2D eigenvalue weighted by molar-refractivity contribution is -0.118. The van der Waals surface area contributed by atoms with Crippen molar-refractivity contribution in [2.24, 2.45) is 0 Å². The summed E-state index contributed by atoms with van der Waals surface area (Å²) in [6.45, 7) is 0.684. The molecule has 0 radical (unpaired) electrons. The molecule has 2 aromatic carbocycles. The summed E-state index contributed by atoms with van der Waals surface area (Å²) in [5.41, 5.74) is 0.943. The SMILES string of the molecule is CN(CCOc1ccc(CC2SC(=O)NC2=O)cc1)C(=O)Oc1ccccc1. The van der Waals surface area contributed by atoms with Crippen molar-refractivity contribution in [1.82, 2.24) is 10.2 Å². The molecule has 1 aliphatic heterocycles. The number of imide groups is 1. The molecule has 0 bridgehead atoms. The number of nitrogens with zero attached hydrogens (tertiary/aromatic N) is 1. The quantitative estimate of drug-likeness (QED) is 0.769. The van der Waals surface area contributed by atoms with Crippen LogP contribution >= 0.6 is 11.8 Å². The van der Waals surface area contributed by atoms with Crippen LogP contribution in [0, 0.1) is 0 Å². The Hall–Kier alpha value is -3.00. The van der Waals surface area contributed by atoms with E-state index in [1.807, 2.05) is 18.2 Å². The fourth-order valence-corrected chi connectivity index (χ4v) is 3.38. The van der Waals surface area contributed by atoms with Crippen molar-refractivity contribution in [3.63, 3.8) is 0 Å². The van der Waals surface area contributed by atoms with Gasteiger partial charge in [0.25, 0.3) is 5.24 Å². The highest BCUT2D eigenvalue weighted by Crippen LogP contribution is 2.23. The van der Waals surface area contributed by atoms with Gasteiger partial charge in [-0.3, -0.25) is 14.9 Å². The maximum absolute atomic E-state index is 12.0. The van der Waals surface area contributed by atoms with E-state index in [4.69, 9.17) is 9.47 Å². The number of carbonyl (C=O) groups excluding carboxylic acids is 3. The van der Waals surface area contributed by atoms with Crippen molar-refractivity contribution in [3.05, 3.63) is 60.2 Å².